The van der Waals surface area contributed by atoms with E-state index in [0.29, 0.717) is 11.3 Å². The zero-order valence-electron chi connectivity index (χ0n) is 10.1. The van der Waals surface area contributed by atoms with E-state index in [4.69, 9.17) is 4.74 Å². The number of methoxy groups -OCH3 is 1. The van der Waals surface area contributed by atoms with Gasteiger partial charge in [0.2, 0.25) is 0 Å². The van der Waals surface area contributed by atoms with Gasteiger partial charge in [-0.05, 0) is 6.92 Å². The number of carbonyl (C=O) groups excluding carboxylic acids is 1. The third-order valence-corrected chi connectivity index (χ3v) is 2.77. The van der Waals surface area contributed by atoms with Gasteiger partial charge in [-0.1, -0.05) is 30.3 Å². The van der Waals surface area contributed by atoms with Crippen LogP contribution in [0.4, 0.5) is 0 Å². The molecule has 1 aromatic heterocycles. The van der Waals surface area contributed by atoms with Gasteiger partial charge >= 0.3 is 5.97 Å². The molecule has 1 heterocycles. The highest BCUT2D eigenvalue weighted by Gasteiger charge is 2.21. The predicted molar refractivity (Wildman–Crippen MR) is 64.7 cm³/mol. The van der Waals surface area contributed by atoms with Crippen molar-refractivity contribution in [2.45, 2.75) is 6.92 Å². The van der Waals surface area contributed by atoms with Gasteiger partial charge in [0, 0.05) is 12.6 Å². The van der Waals surface area contributed by atoms with Gasteiger partial charge in [0.1, 0.15) is 11.3 Å². The van der Waals surface area contributed by atoms with Crippen molar-refractivity contribution in [2.24, 2.45) is 7.05 Å². The maximum absolute atomic E-state index is 11.8. The number of aromatic nitrogens is 2. The molecule has 0 spiro atoms. The highest BCUT2D eigenvalue weighted by molar-refractivity contribution is 5.97. The Morgan fingerprint density at radius 3 is 2.53 bits per heavy atom. The molecule has 0 saturated heterocycles. The number of carbonyl (C=O) groups is 1. The third-order valence-electron chi connectivity index (χ3n) is 2.77. The summed E-state index contributed by atoms with van der Waals surface area (Å²) in [5.41, 5.74) is 2.91. The topological polar surface area (TPSA) is 44.1 Å². The summed E-state index contributed by atoms with van der Waals surface area (Å²) in [4.78, 5) is 11.8. The van der Waals surface area contributed by atoms with Crippen LogP contribution in [0.1, 0.15) is 16.1 Å². The quantitative estimate of drug-likeness (QED) is 0.743. The Kier molecular flexibility index (Phi) is 2.95. The summed E-state index contributed by atoms with van der Waals surface area (Å²) < 4.78 is 6.49. The molecule has 0 aliphatic heterocycles. The van der Waals surface area contributed by atoms with E-state index in [1.165, 1.54) is 7.11 Å². The Morgan fingerprint density at radius 2 is 1.94 bits per heavy atom. The van der Waals surface area contributed by atoms with Gasteiger partial charge in [0.15, 0.2) is 0 Å². The Bertz CT molecular complexity index is 544. The Balaban J connectivity index is 2.62. The molecule has 0 bridgehead atoms. The smallest absolute Gasteiger partial charge is 0.342 e. The van der Waals surface area contributed by atoms with E-state index in [9.17, 15) is 4.79 Å². The molecular formula is C13H14N2O2. The fourth-order valence-corrected chi connectivity index (χ4v) is 1.75. The lowest BCUT2D eigenvalue weighted by atomic mass is 10.1. The minimum Gasteiger partial charge on any atom is -0.465 e. The summed E-state index contributed by atoms with van der Waals surface area (Å²) in [5, 5.41) is 4.37. The summed E-state index contributed by atoms with van der Waals surface area (Å²) in [5.74, 6) is -0.352. The predicted octanol–water partition coefficient (Wildman–Crippen LogP) is 2.18. The third kappa shape index (κ3) is 1.93. The fraction of sp³-hybridized carbons (Fsp3) is 0.231. The molecule has 0 radical (unpaired) electrons. The van der Waals surface area contributed by atoms with Crippen molar-refractivity contribution in [1.82, 2.24) is 9.78 Å². The van der Waals surface area contributed by atoms with Crippen molar-refractivity contribution in [1.29, 1.82) is 0 Å². The monoisotopic (exact) mass is 230 g/mol. The SMILES string of the molecule is COC(=O)c1c(-c2ccccc2)nn(C)c1C. The van der Waals surface area contributed by atoms with Gasteiger partial charge in [-0.25, -0.2) is 4.79 Å². The van der Waals surface area contributed by atoms with E-state index in [1.807, 2.05) is 44.3 Å². The molecule has 0 fully saturated rings. The lowest BCUT2D eigenvalue weighted by Gasteiger charge is -2.01. The van der Waals surface area contributed by atoms with Gasteiger partial charge in [-0.2, -0.15) is 5.10 Å². The lowest BCUT2D eigenvalue weighted by Crippen LogP contribution is -2.04. The Morgan fingerprint density at radius 1 is 1.29 bits per heavy atom. The fourth-order valence-electron chi connectivity index (χ4n) is 1.75. The first kappa shape index (κ1) is 11.4. The molecule has 1 aromatic carbocycles. The molecule has 0 atom stereocenters. The van der Waals surface area contributed by atoms with E-state index in [1.54, 1.807) is 4.68 Å². The van der Waals surface area contributed by atoms with Crippen LogP contribution >= 0.6 is 0 Å². The maximum atomic E-state index is 11.8. The highest BCUT2D eigenvalue weighted by Crippen LogP contribution is 2.25. The van der Waals surface area contributed by atoms with Crippen molar-refractivity contribution in [3.05, 3.63) is 41.6 Å². The summed E-state index contributed by atoms with van der Waals surface area (Å²) in [6.07, 6.45) is 0. The first-order valence-corrected chi connectivity index (χ1v) is 5.32. The zero-order valence-corrected chi connectivity index (χ0v) is 10.1. The number of rotatable bonds is 2. The van der Waals surface area contributed by atoms with Gasteiger partial charge in [-0.3, -0.25) is 4.68 Å². The van der Waals surface area contributed by atoms with Crippen LogP contribution in [0.15, 0.2) is 30.3 Å². The van der Waals surface area contributed by atoms with Crippen LogP contribution in [0, 0.1) is 6.92 Å². The molecule has 2 aromatic rings. The van der Waals surface area contributed by atoms with Crippen LogP contribution < -0.4 is 0 Å². The standard InChI is InChI=1S/C13H14N2O2/c1-9-11(13(16)17-3)12(14-15(9)2)10-7-5-4-6-8-10/h4-8H,1-3H3. The normalized spacial score (nSPS) is 10.3. The van der Waals surface area contributed by atoms with E-state index in [0.717, 1.165) is 11.3 Å². The van der Waals surface area contributed by atoms with Crippen molar-refractivity contribution in [3.63, 3.8) is 0 Å². The second kappa shape index (κ2) is 4.41. The second-order valence-corrected chi connectivity index (χ2v) is 3.79. The average Bonchev–Trinajstić information content (AvgIpc) is 2.66. The molecule has 4 heteroatoms. The van der Waals surface area contributed by atoms with E-state index >= 15 is 0 Å². The van der Waals surface area contributed by atoms with Crippen LogP contribution in [-0.2, 0) is 11.8 Å². The van der Waals surface area contributed by atoms with Gasteiger partial charge in [-0.15, -0.1) is 0 Å². The Hall–Kier alpha value is -2.10. The number of benzene rings is 1. The molecule has 2 rings (SSSR count). The van der Waals surface area contributed by atoms with Crippen LogP contribution in [0.25, 0.3) is 11.3 Å². The van der Waals surface area contributed by atoms with Gasteiger partial charge < -0.3 is 4.74 Å². The maximum Gasteiger partial charge on any atom is 0.342 e. The first-order chi connectivity index (χ1) is 8.15. The molecule has 0 aliphatic carbocycles. The number of hydrogen-bond donors (Lipinski definition) is 0. The van der Waals surface area contributed by atoms with Gasteiger partial charge in [0.25, 0.3) is 0 Å². The number of nitrogens with zero attached hydrogens (tertiary/aromatic N) is 2. The number of esters is 1. The number of hydrogen-bond acceptors (Lipinski definition) is 3. The van der Waals surface area contributed by atoms with Crippen molar-refractivity contribution >= 4 is 5.97 Å². The zero-order chi connectivity index (χ0) is 12.4. The van der Waals surface area contributed by atoms with Crippen molar-refractivity contribution in [3.8, 4) is 11.3 Å². The van der Waals surface area contributed by atoms with Crippen LogP contribution in [0.3, 0.4) is 0 Å². The summed E-state index contributed by atoms with van der Waals surface area (Å²) in [7, 11) is 3.19. The molecule has 17 heavy (non-hydrogen) atoms. The van der Waals surface area contributed by atoms with Crippen LogP contribution in [0.2, 0.25) is 0 Å². The molecule has 0 saturated carbocycles. The van der Waals surface area contributed by atoms with E-state index in [2.05, 4.69) is 5.10 Å². The molecule has 0 amide bonds. The summed E-state index contributed by atoms with van der Waals surface area (Å²) >= 11 is 0. The minimum atomic E-state index is -0.352. The van der Waals surface area contributed by atoms with E-state index < -0.39 is 0 Å². The molecule has 0 unspecified atom stereocenters. The van der Waals surface area contributed by atoms with Crippen molar-refractivity contribution in [2.75, 3.05) is 7.11 Å². The lowest BCUT2D eigenvalue weighted by molar-refractivity contribution is 0.0600. The molecule has 0 aliphatic rings. The second-order valence-electron chi connectivity index (χ2n) is 3.79. The average molecular weight is 230 g/mol. The summed E-state index contributed by atoms with van der Waals surface area (Å²) in [6, 6.07) is 9.61. The molecule has 88 valence electrons. The molecule has 0 N–H and O–H groups in total. The number of ether oxygens (including phenoxy) is 1. The van der Waals surface area contributed by atoms with Crippen LogP contribution in [0.5, 0.6) is 0 Å². The molecule has 4 nitrogen and oxygen atoms in total. The minimum absolute atomic E-state index is 0.352. The van der Waals surface area contributed by atoms with Crippen molar-refractivity contribution < 1.29 is 9.53 Å². The van der Waals surface area contributed by atoms with Crippen LogP contribution in [-0.4, -0.2) is 22.9 Å². The first-order valence-electron chi connectivity index (χ1n) is 5.32. The number of aryl methyl sites for hydroxylation is 1. The largest absolute Gasteiger partial charge is 0.465 e. The highest BCUT2D eigenvalue weighted by atomic mass is 16.5. The summed E-state index contributed by atoms with van der Waals surface area (Å²) in [6.45, 7) is 1.85. The van der Waals surface area contributed by atoms with Gasteiger partial charge in [0.05, 0.1) is 12.8 Å². The van der Waals surface area contributed by atoms with E-state index in [-0.39, 0.29) is 5.97 Å². The molecular weight excluding hydrogens is 216 g/mol. The Labute approximate surface area is 99.8 Å².